The van der Waals surface area contributed by atoms with Gasteiger partial charge < -0.3 is 19.5 Å². The number of carboxylic acid groups (broad SMARTS) is 1. The summed E-state index contributed by atoms with van der Waals surface area (Å²) in [4.78, 5) is 22.8. The number of amides is 1. The normalized spacial score (nSPS) is 10.0. The third-order valence-electron chi connectivity index (χ3n) is 3.04. The monoisotopic (exact) mass is 299 g/mol. The number of ether oxygens (including phenoxy) is 1. The fraction of sp³-hybridized carbons (Fsp3) is 0.176. The Morgan fingerprint density at radius 3 is 2.50 bits per heavy atom. The van der Waals surface area contributed by atoms with Crippen LogP contribution in [-0.4, -0.2) is 28.9 Å². The van der Waals surface area contributed by atoms with Gasteiger partial charge in [0.25, 0.3) is 0 Å². The van der Waals surface area contributed by atoms with Gasteiger partial charge in [0.05, 0.1) is 0 Å². The van der Waals surface area contributed by atoms with Crippen LogP contribution < -0.4 is 4.74 Å². The minimum atomic E-state index is -1.05. The van der Waals surface area contributed by atoms with E-state index >= 15 is 0 Å². The lowest BCUT2D eigenvalue weighted by Gasteiger charge is -2.18. The van der Waals surface area contributed by atoms with E-state index in [0.29, 0.717) is 12.0 Å². The predicted octanol–water partition coefficient (Wildman–Crippen LogP) is 3.55. The van der Waals surface area contributed by atoms with Gasteiger partial charge in [-0.25, -0.2) is 4.79 Å². The summed E-state index contributed by atoms with van der Waals surface area (Å²) < 4.78 is 5.72. The number of carbonyl (C=O) groups is 2. The van der Waals surface area contributed by atoms with Crippen LogP contribution in [0.15, 0.2) is 54.6 Å². The zero-order valence-corrected chi connectivity index (χ0v) is 12.0. The van der Waals surface area contributed by atoms with E-state index in [1.807, 2.05) is 48.5 Å². The quantitative estimate of drug-likeness (QED) is 0.794. The number of hydrogen-bond donors (Lipinski definition) is 1. The smallest absolute Gasteiger partial charge is 0.407 e. The van der Waals surface area contributed by atoms with Crippen molar-refractivity contribution >= 4 is 12.4 Å². The molecule has 0 unspecified atom stereocenters. The maximum atomic E-state index is 11.2. The van der Waals surface area contributed by atoms with E-state index in [1.165, 1.54) is 4.90 Å². The summed E-state index contributed by atoms with van der Waals surface area (Å²) in [5.41, 5.74) is 0.807. The van der Waals surface area contributed by atoms with E-state index < -0.39 is 6.09 Å². The lowest BCUT2D eigenvalue weighted by Crippen LogP contribution is -2.30. The third kappa shape index (κ3) is 4.63. The number of hydrogen-bond acceptors (Lipinski definition) is 3. The predicted molar refractivity (Wildman–Crippen MR) is 82.1 cm³/mol. The lowest BCUT2D eigenvalue weighted by molar-refractivity contribution is -0.108. The van der Waals surface area contributed by atoms with E-state index in [4.69, 9.17) is 9.84 Å². The van der Waals surface area contributed by atoms with Crippen molar-refractivity contribution in [1.29, 1.82) is 0 Å². The Labute approximate surface area is 128 Å². The SMILES string of the molecule is O=CCCN(Cc1cccc(Oc2ccccc2)c1)C(=O)O. The van der Waals surface area contributed by atoms with Crippen LogP contribution in [0.25, 0.3) is 0 Å². The van der Waals surface area contributed by atoms with Gasteiger partial charge in [-0.3, -0.25) is 0 Å². The van der Waals surface area contributed by atoms with Crippen LogP contribution in [0.2, 0.25) is 0 Å². The highest BCUT2D eigenvalue weighted by atomic mass is 16.5. The molecular weight excluding hydrogens is 282 g/mol. The average molecular weight is 299 g/mol. The largest absolute Gasteiger partial charge is 0.465 e. The van der Waals surface area contributed by atoms with Gasteiger partial charge in [-0.1, -0.05) is 30.3 Å². The lowest BCUT2D eigenvalue weighted by atomic mass is 10.2. The average Bonchev–Trinajstić information content (AvgIpc) is 2.52. The Hall–Kier alpha value is -2.82. The first-order valence-electron chi connectivity index (χ1n) is 6.92. The molecule has 0 aliphatic carbocycles. The van der Waals surface area contributed by atoms with Crippen molar-refractivity contribution in [2.75, 3.05) is 6.54 Å². The Morgan fingerprint density at radius 1 is 1.09 bits per heavy atom. The van der Waals surface area contributed by atoms with Gasteiger partial charge in [0.2, 0.25) is 0 Å². The summed E-state index contributed by atoms with van der Waals surface area (Å²) in [5.74, 6) is 1.36. The number of carbonyl (C=O) groups excluding carboxylic acids is 1. The highest BCUT2D eigenvalue weighted by Gasteiger charge is 2.12. The van der Waals surface area contributed by atoms with Crippen molar-refractivity contribution in [3.63, 3.8) is 0 Å². The van der Waals surface area contributed by atoms with Crippen LogP contribution in [0, 0.1) is 0 Å². The number of benzene rings is 2. The van der Waals surface area contributed by atoms with Gasteiger partial charge in [0, 0.05) is 19.5 Å². The standard InChI is InChI=1S/C17H17NO4/c19-11-5-10-18(17(20)21)13-14-6-4-9-16(12-14)22-15-7-2-1-3-8-15/h1-4,6-9,11-12H,5,10,13H2,(H,20,21). The molecule has 0 aliphatic heterocycles. The second-order valence-electron chi connectivity index (χ2n) is 4.72. The molecule has 1 amide bonds. The molecular formula is C17H17NO4. The van der Waals surface area contributed by atoms with Crippen LogP contribution in [0.5, 0.6) is 11.5 Å². The summed E-state index contributed by atoms with van der Waals surface area (Å²) in [5, 5.41) is 9.14. The van der Waals surface area contributed by atoms with Crippen molar-refractivity contribution in [2.45, 2.75) is 13.0 Å². The molecule has 0 radical (unpaired) electrons. The second kappa shape index (κ2) is 7.83. The Balaban J connectivity index is 2.07. The minimum Gasteiger partial charge on any atom is -0.465 e. The van der Waals surface area contributed by atoms with Crippen LogP contribution >= 0.6 is 0 Å². The summed E-state index contributed by atoms with van der Waals surface area (Å²) in [6.07, 6.45) is -0.145. The van der Waals surface area contributed by atoms with Gasteiger partial charge in [0.15, 0.2) is 0 Å². The van der Waals surface area contributed by atoms with E-state index in [0.717, 1.165) is 11.3 Å². The van der Waals surface area contributed by atoms with E-state index in [1.54, 1.807) is 6.07 Å². The molecule has 0 heterocycles. The molecule has 0 spiro atoms. The van der Waals surface area contributed by atoms with Gasteiger partial charge in [-0.2, -0.15) is 0 Å². The molecule has 2 rings (SSSR count). The van der Waals surface area contributed by atoms with E-state index in [9.17, 15) is 9.59 Å². The summed E-state index contributed by atoms with van der Waals surface area (Å²) >= 11 is 0. The zero-order chi connectivity index (χ0) is 15.8. The van der Waals surface area contributed by atoms with Crippen LogP contribution in [-0.2, 0) is 11.3 Å². The highest BCUT2D eigenvalue weighted by molar-refractivity contribution is 5.65. The maximum Gasteiger partial charge on any atom is 0.407 e. The number of aldehydes is 1. The molecule has 2 aromatic rings. The van der Waals surface area contributed by atoms with Gasteiger partial charge in [0.1, 0.15) is 17.8 Å². The topological polar surface area (TPSA) is 66.8 Å². The minimum absolute atomic E-state index is 0.183. The maximum absolute atomic E-state index is 11.2. The first-order valence-corrected chi connectivity index (χ1v) is 6.92. The summed E-state index contributed by atoms with van der Waals surface area (Å²) in [6.45, 7) is 0.401. The molecule has 0 fully saturated rings. The van der Waals surface area contributed by atoms with Crippen molar-refractivity contribution in [1.82, 2.24) is 4.90 Å². The first kappa shape index (κ1) is 15.6. The first-order chi connectivity index (χ1) is 10.7. The van der Waals surface area contributed by atoms with Crippen LogP contribution in [0.1, 0.15) is 12.0 Å². The molecule has 1 N–H and O–H groups in total. The fourth-order valence-electron chi connectivity index (χ4n) is 2.00. The van der Waals surface area contributed by atoms with Crippen LogP contribution in [0.4, 0.5) is 4.79 Å². The molecule has 0 atom stereocenters. The third-order valence-corrected chi connectivity index (χ3v) is 3.04. The van der Waals surface area contributed by atoms with Crippen molar-refractivity contribution in [2.24, 2.45) is 0 Å². The molecule has 5 heteroatoms. The molecule has 0 bridgehead atoms. The molecule has 114 valence electrons. The van der Waals surface area contributed by atoms with Crippen LogP contribution in [0.3, 0.4) is 0 Å². The number of para-hydroxylation sites is 1. The van der Waals surface area contributed by atoms with Crippen molar-refractivity contribution in [3.8, 4) is 11.5 Å². The van der Waals surface area contributed by atoms with E-state index in [2.05, 4.69) is 0 Å². The fourth-order valence-corrected chi connectivity index (χ4v) is 2.00. The number of rotatable bonds is 7. The number of nitrogens with zero attached hydrogens (tertiary/aromatic N) is 1. The molecule has 0 aliphatic rings. The second-order valence-corrected chi connectivity index (χ2v) is 4.72. The van der Waals surface area contributed by atoms with Gasteiger partial charge in [-0.05, 0) is 29.8 Å². The van der Waals surface area contributed by atoms with E-state index in [-0.39, 0.29) is 19.5 Å². The Bertz CT molecular complexity index is 628. The molecule has 2 aromatic carbocycles. The Kier molecular flexibility index (Phi) is 5.54. The summed E-state index contributed by atoms with van der Waals surface area (Å²) in [7, 11) is 0. The van der Waals surface area contributed by atoms with Crippen molar-refractivity contribution in [3.05, 3.63) is 60.2 Å². The van der Waals surface area contributed by atoms with Crippen molar-refractivity contribution < 1.29 is 19.4 Å². The Morgan fingerprint density at radius 2 is 1.82 bits per heavy atom. The molecule has 0 saturated carbocycles. The molecule has 22 heavy (non-hydrogen) atoms. The molecule has 5 nitrogen and oxygen atoms in total. The highest BCUT2D eigenvalue weighted by Crippen LogP contribution is 2.22. The summed E-state index contributed by atoms with van der Waals surface area (Å²) in [6, 6.07) is 16.6. The van der Waals surface area contributed by atoms with Gasteiger partial charge >= 0.3 is 6.09 Å². The molecule has 0 aromatic heterocycles. The zero-order valence-electron chi connectivity index (χ0n) is 12.0. The van der Waals surface area contributed by atoms with Gasteiger partial charge in [-0.15, -0.1) is 0 Å². The molecule has 0 saturated heterocycles.